The standard InChI is InChI=1S/C15H20ClN3/c1-11-7-8-19(18-11)14-6-5-13(16)9-12(14)10-17-15(2,3)4/h5-9,17H,10H2,1-4H3. The second kappa shape index (κ2) is 5.35. The lowest BCUT2D eigenvalue weighted by molar-refractivity contribution is 0.424. The van der Waals surface area contributed by atoms with Gasteiger partial charge >= 0.3 is 0 Å². The van der Waals surface area contributed by atoms with Crippen molar-refractivity contribution in [1.29, 1.82) is 0 Å². The number of aromatic nitrogens is 2. The Hall–Kier alpha value is -1.32. The monoisotopic (exact) mass is 277 g/mol. The van der Waals surface area contributed by atoms with Crippen molar-refractivity contribution in [1.82, 2.24) is 15.1 Å². The fourth-order valence-corrected chi connectivity index (χ4v) is 2.02. The molecule has 0 unspecified atom stereocenters. The molecule has 0 saturated heterocycles. The van der Waals surface area contributed by atoms with Crippen LogP contribution in [0.25, 0.3) is 5.69 Å². The first-order chi connectivity index (χ1) is 8.85. The molecule has 0 amide bonds. The molecule has 2 aromatic rings. The quantitative estimate of drug-likeness (QED) is 0.927. The molecule has 4 heteroatoms. The molecular formula is C15H20ClN3. The fraction of sp³-hybridized carbons (Fsp3) is 0.400. The number of benzene rings is 1. The molecule has 0 aliphatic carbocycles. The summed E-state index contributed by atoms with van der Waals surface area (Å²) in [6.45, 7) is 9.19. The van der Waals surface area contributed by atoms with E-state index in [-0.39, 0.29) is 5.54 Å². The third-order valence-corrected chi connectivity index (χ3v) is 3.06. The summed E-state index contributed by atoms with van der Waals surface area (Å²) in [7, 11) is 0. The molecule has 1 N–H and O–H groups in total. The Morgan fingerprint density at radius 1 is 1.26 bits per heavy atom. The SMILES string of the molecule is Cc1ccn(-c2ccc(Cl)cc2CNC(C)(C)C)n1. The lowest BCUT2D eigenvalue weighted by Crippen LogP contribution is -2.35. The van der Waals surface area contributed by atoms with Crippen molar-refractivity contribution >= 4 is 11.6 Å². The van der Waals surface area contributed by atoms with Crippen LogP contribution >= 0.6 is 11.6 Å². The van der Waals surface area contributed by atoms with Gasteiger partial charge in [-0.25, -0.2) is 4.68 Å². The van der Waals surface area contributed by atoms with Gasteiger partial charge in [0.05, 0.1) is 11.4 Å². The summed E-state index contributed by atoms with van der Waals surface area (Å²) in [6.07, 6.45) is 1.97. The average molecular weight is 278 g/mol. The maximum absolute atomic E-state index is 6.10. The van der Waals surface area contributed by atoms with Crippen LogP contribution in [0.5, 0.6) is 0 Å². The molecule has 0 radical (unpaired) electrons. The zero-order valence-electron chi connectivity index (χ0n) is 11.9. The van der Waals surface area contributed by atoms with Gasteiger partial charge in [0.1, 0.15) is 0 Å². The van der Waals surface area contributed by atoms with Gasteiger partial charge in [-0.05, 0) is 57.5 Å². The predicted octanol–water partition coefficient (Wildman–Crippen LogP) is 3.72. The number of rotatable bonds is 3. The van der Waals surface area contributed by atoms with Crippen molar-refractivity contribution in [2.24, 2.45) is 0 Å². The van der Waals surface area contributed by atoms with Gasteiger partial charge < -0.3 is 5.32 Å². The first-order valence-corrected chi connectivity index (χ1v) is 6.79. The third-order valence-electron chi connectivity index (χ3n) is 2.82. The van der Waals surface area contributed by atoms with Crippen LogP contribution in [0.4, 0.5) is 0 Å². The summed E-state index contributed by atoms with van der Waals surface area (Å²) in [6, 6.07) is 7.89. The number of aryl methyl sites for hydroxylation is 1. The van der Waals surface area contributed by atoms with Gasteiger partial charge in [-0.15, -0.1) is 0 Å². The molecule has 102 valence electrons. The predicted molar refractivity (Wildman–Crippen MR) is 79.9 cm³/mol. The maximum Gasteiger partial charge on any atom is 0.0691 e. The summed E-state index contributed by atoms with van der Waals surface area (Å²) < 4.78 is 1.89. The van der Waals surface area contributed by atoms with Gasteiger partial charge in [-0.3, -0.25) is 0 Å². The lowest BCUT2D eigenvalue weighted by Gasteiger charge is -2.21. The Labute approximate surface area is 119 Å². The van der Waals surface area contributed by atoms with E-state index in [4.69, 9.17) is 11.6 Å². The largest absolute Gasteiger partial charge is 0.308 e. The third kappa shape index (κ3) is 3.82. The first-order valence-electron chi connectivity index (χ1n) is 6.41. The van der Waals surface area contributed by atoms with E-state index in [9.17, 15) is 0 Å². The Kier molecular flexibility index (Phi) is 3.97. The maximum atomic E-state index is 6.10. The van der Waals surface area contributed by atoms with Crippen LogP contribution < -0.4 is 5.32 Å². The smallest absolute Gasteiger partial charge is 0.0691 e. The summed E-state index contributed by atoms with van der Waals surface area (Å²) in [5.41, 5.74) is 3.28. The van der Waals surface area contributed by atoms with E-state index in [0.29, 0.717) is 0 Å². The Bertz CT molecular complexity index is 567. The Morgan fingerprint density at radius 2 is 2.00 bits per heavy atom. The summed E-state index contributed by atoms with van der Waals surface area (Å²) in [5, 5.41) is 8.69. The van der Waals surface area contributed by atoms with Crippen LogP contribution in [0.2, 0.25) is 5.02 Å². The molecule has 2 rings (SSSR count). The van der Waals surface area contributed by atoms with E-state index in [2.05, 4.69) is 31.2 Å². The van der Waals surface area contributed by atoms with Crippen LogP contribution in [-0.2, 0) is 6.54 Å². The lowest BCUT2D eigenvalue weighted by atomic mass is 10.1. The number of hydrogen-bond acceptors (Lipinski definition) is 2. The average Bonchev–Trinajstić information content (AvgIpc) is 2.72. The van der Waals surface area contributed by atoms with Crippen molar-refractivity contribution in [3.05, 3.63) is 46.7 Å². The van der Waals surface area contributed by atoms with E-state index < -0.39 is 0 Å². The van der Waals surface area contributed by atoms with Gasteiger partial charge in [-0.1, -0.05) is 11.6 Å². The summed E-state index contributed by atoms with van der Waals surface area (Å²) in [5.74, 6) is 0. The van der Waals surface area contributed by atoms with E-state index in [1.807, 2.05) is 42.1 Å². The van der Waals surface area contributed by atoms with Crippen LogP contribution in [0.15, 0.2) is 30.5 Å². The van der Waals surface area contributed by atoms with E-state index in [0.717, 1.165) is 28.5 Å². The first kappa shape index (κ1) is 14.1. The van der Waals surface area contributed by atoms with Gasteiger partial charge in [0.15, 0.2) is 0 Å². The van der Waals surface area contributed by atoms with E-state index in [1.54, 1.807) is 0 Å². The zero-order chi connectivity index (χ0) is 14.0. The summed E-state index contributed by atoms with van der Waals surface area (Å²) in [4.78, 5) is 0. The topological polar surface area (TPSA) is 29.9 Å². The molecule has 1 aromatic heterocycles. The van der Waals surface area contributed by atoms with Crippen LogP contribution in [0, 0.1) is 6.92 Å². The molecule has 1 aromatic carbocycles. The number of halogens is 1. The van der Waals surface area contributed by atoms with Gasteiger partial charge in [0, 0.05) is 23.3 Å². The number of nitrogens with one attached hydrogen (secondary N) is 1. The van der Waals surface area contributed by atoms with Crippen molar-refractivity contribution < 1.29 is 0 Å². The van der Waals surface area contributed by atoms with Gasteiger partial charge in [0.2, 0.25) is 0 Å². The molecular weight excluding hydrogens is 258 g/mol. The van der Waals surface area contributed by atoms with Crippen molar-refractivity contribution in [2.45, 2.75) is 39.8 Å². The number of nitrogens with zero attached hydrogens (tertiary/aromatic N) is 2. The van der Waals surface area contributed by atoms with Crippen LogP contribution in [0.3, 0.4) is 0 Å². The summed E-state index contributed by atoms with van der Waals surface area (Å²) >= 11 is 6.10. The molecule has 19 heavy (non-hydrogen) atoms. The zero-order valence-corrected chi connectivity index (χ0v) is 12.6. The second-order valence-electron chi connectivity index (χ2n) is 5.78. The van der Waals surface area contributed by atoms with Gasteiger partial charge in [0.25, 0.3) is 0 Å². The van der Waals surface area contributed by atoms with Crippen molar-refractivity contribution in [2.75, 3.05) is 0 Å². The second-order valence-corrected chi connectivity index (χ2v) is 6.21. The highest BCUT2D eigenvalue weighted by molar-refractivity contribution is 6.30. The molecule has 1 heterocycles. The molecule has 0 aliphatic rings. The molecule has 0 atom stereocenters. The highest BCUT2D eigenvalue weighted by Gasteiger charge is 2.12. The molecule has 3 nitrogen and oxygen atoms in total. The number of hydrogen-bond donors (Lipinski definition) is 1. The molecule has 0 bridgehead atoms. The minimum absolute atomic E-state index is 0.0691. The molecule has 0 saturated carbocycles. The highest BCUT2D eigenvalue weighted by Crippen LogP contribution is 2.20. The van der Waals surface area contributed by atoms with Crippen LogP contribution in [0.1, 0.15) is 32.0 Å². The van der Waals surface area contributed by atoms with E-state index in [1.165, 1.54) is 0 Å². The van der Waals surface area contributed by atoms with Crippen LogP contribution in [-0.4, -0.2) is 15.3 Å². The van der Waals surface area contributed by atoms with Gasteiger partial charge in [-0.2, -0.15) is 5.10 Å². The van der Waals surface area contributed by atoms with Crippen molar-refractivity contribution in [3.8, 4) is 5.69 Å². The molecule has 0 spiro atoms. The minimum atomic E-state index is 0.0691. The minimum Gasteiger partial charge on any atom is -0.308 e. The Morgan fingerprint density at radius 3 is 2.58 bits per heavy atom. The normalized spacial score (nSPS) is 11.8. The van der Waals surface area contributed by atoms with Crippen molar-refractivity contribution in [3.63, 3.8) is 0 Å². The van der Waals surface area contributed by atoms with E-state index >= 15 is 0 Å². The molecule has 0 fully saturated rings. The Balaban J connectivity index is 2.33. The fourth-order valence-electron chi connectivity index (χ4n) is 1.83. The highest BCUT2D eigenvalue weighted by atomic mass is 35.5. The molecule has 0 aliphatic heterocycles.